The topological polar surface area (TPSA) is 26.0 Å². The molecule has 0 amide bonds. The van der Waals surface area contributed by atoms with Crippen molar-refractivity contribution < 1.29 is 0 Å². The first kappa shape index (κ1) is 37.0. The maximum absolute atomic E-state index is 5.31. The van der Waals surface area contributed by atoms with E-state index in [2.05, 4.69) is 240 Å². The lowest BCUT2D eigenvalue weighted by Gasteiger charge is -2.43. The van der Waals surface area contributed by atoms with Crippen molar-refractivity contribution in [2.45, 2.75) is 19.3 Å². The summed E-state index contributed by atoms with van der Waals surface area (Å²) in [5, 5.41) is 4.98. The number of nitrogens with zero attached hydrogens (tertiary/aromatic N) is 4. The molecule has 1 aliphatic heterocycles. The number of hydrogen-bond acceptors (Lipinski definition) is 2. The van der Waals surface area contributed by atoms with E-state index < -0.39 is 0 Å². The minimum atomic E-state index is -0.290. The van der Waals surface area contributed by atoms with Gasteiger partial charge in [-0.1, -0.05) is 141 Å². The van der Waals surface area contributed by atoms with Crippen LogP contribution in [0.25, 0.3) is 99.6 Å². The number of aromatic nitrogens is 3. The van der Waals surface area contributed by atoms with Crippen molar-refractivity contribution in [3.8, 4) is 56.0 Å². The van der Waals surface area contributed by atoms with Gasteiger partial charge in [-0.2, -0.15) is 0 Å². The molecule has 0 spiro atoms. The average molecular weight is 843 g/mol. The maximum Gasteiger partial charge on any atom is 0.0786 e. The van der Waals surface area contributed by atoms with E-state index in [-0.39, 0.29) is 5.41 Å². The molecular formula is C62H42N4. The third-order valence-electron chi connectivity index (χ3n) is 14.5. The molecule has 3 aromatic heterocycles. The number of anilines is 3. The number of rotatable bonds is 3. The third-order valence-corrected chi connectivity index (χ3v) is 14.5. The van der Waals surface area contributed by atoms with Gasteiger partial charge < -0.3 is 14.0 Å². The van der Waals surface area contributed by atoms with Crippen LogP contribution in [0.3, 0.4) is 0 Å². The summed E-state index contributed by atoms with van der Waals surface area (Å²) in [6.45, 7) is 4.75. The zero-order chi connectivity index (χ0) is 43.7. The molecule has 66 heavy (non-hydrogen) atoms. The molecule has 0 unspecified atom stereocenters. The molecule has 12 aromatic rings. The van der Waals surface area contributed by atoms with Gasteiger partial charge in [-0.25, -0.2) is 0 Å². The molecule has 1 aliphatic carbocycles. The average Bonchev–Trinajstić information content (AvgIpc) is 3.89. The molecule has 0 radical (unpaired) electrons. The maximum atomic E-state index is 5.31. The Kier molecular flexibility index (Phi) is 7.71. The van der Waals surface area contributed by atoms with E-state index in [0.29, 0.717) is 0 Å². The molecule has 9 aromatic carbocycles. The number of hydrogen-bond donors (Lipinski definition) is 0. The van der Waals surface area contributed by atoms with Crippen LogP contribution in [0.2, 0.25) is 0 Å². The van der Waals surface area contributed by atoms with Crippen molar-refractivity contribution in [2.24, 2.45) is 0 Å². The van der Waals surface area contributed by atoms with E-state index in [1.54, 1.807) is 0 Å². The Morgan fingerprint density at radius 3 is 1.39 bits per heavy atom. The van der Waals surface area contributed by atoms with Crippen LogP contribution >= 0.6 is 0 Å². The quantitative estimate of drug-likeness (QED) is 0.177. The summed E-state index contributed by atoms with van der Waals surface area (Å²) in [6, 6.07) is 78.4. The van der Waals surface area contributed by atoms with Gasteiger partial charge in [-0.3, -0.25) is 4.98 Å². The van der Waals surface area contributed by atoms with Gasteiger partial charge in [0.05, 0.1) is 39.1 Å². The minimum Gasteiger partial charge on any atom is -0.310 e. The van der Waals surface area contributed by atoms with Crippen LogP contribution in [0.15, 0.2) is 219 Å². The van der Waals surface area contributed by atoms with Gasteiger partial charge >= 0.3 is 0 Å². The molecule has 0 saturated carbocycles. The Morgan fingerprint density at radius 1 is 0.333 bits per heavy atom. The minimum absolute atomic E-state index is 0.290. The summed E-state index contributed by atoms with van der Waals surface area (Å²) in [4.78, 5) is 7.78. The van der Waals surface area contributed by atoms with Crippen LogP contribution in [0.5, 0.6) is 0 Å². The van der Waals surface area contributed by atoms with Gasteiger partial charge in [-0.15, -0.1) is 0 Å². The van der Waals surface area contributed by atoms with Crippen molar-refractivity contribution in [2.75, 3.05) is 4.90 Å². The number of para-hydroxylation sites is 6. The van der Waals surface area contributed by atoms with Crippen LogP contribution in [-0.4, -0.2) is 14.1 Å². The zero-order valence-corrected chi connectivity index (χ0v) is 36.6. The van der Waals surface area contributed by atoms with Crippen LogP contribution in [0.4, 0.5) is 17.1 Å². The van der Waals surface area contributed by atoms with Crippen molar-refractivity contribution in [1.29, 1.82) is 0 Å². The SMILES string of the molecule is CC1(C)c2ccccc2N(c2ccccc2)c2cc3c(cc21)-c1ncccc1-c1ccc(-n2c4ccccc4c4ccccc42)cc1-c1cc(-n2c4ccccc4c4ccccc42)ccc1-3. The fraction of sp³-hybridized carbons (Fsp3) is 0.0484. The van der Waals surface area contributed by atoms with E-state index in [4.69, 9.17) is 4.98 Å². The Labute approximate surface area is 382 Å². The van der Waals surface area contributed by atoms with E-state index in [1.165, 1.54) is 77.2 Å². The molecule has 0 N–H and O–H groups in total. The highest BCUT2D eigenvalue weighted by Gasteiger charge is 2.39. The zero-order valence-electron chi connectivity index (χ0n) is 36.6. The molecule has 4 heterocycles. The molecule has 2 aliphatic rings. The van der Waals surface area contributed by atoms with Crippen LogP contribution in [0.1, 0.15) is 25.0 Å². The molecule has 14 rings (SSSR count). The van der Waals surface area contributed by atoms with E-state index >= 15 is 0 Å². The fourth-order valence-corrected chi connectivity index (χ4v) is 11.5. The number of fused-ring (bicyclic) bond motifs is 16. The van der Waals surface area contributed by atoms with Gasteiger partial charge in [0.15, 0.2) is 0 Å². The second-order valence-corrected chi connectivity index (χ2v) is 18.3. The summed E-state index contributed by atoms with van der Waals surface area (Å²) < 4.78 is 4.88. The lowest BCUT2D eigenvalue weighted by Crippen LogP contribution is -2.30. The highest BCUT2D eigenvalue weighted by Crippen LogP contribution is 2.57. The van der Waals surface area contributed by atoms with Crippen LogP contribution in [0, 0.1) is 0 Å². The Morgan fingerprint density at radius 2 is 0.818 bits per heavy atom. The lowest BCUT2D eigenvalue weighted by atomic mass is 9.71. The molecule has 310 valence electrons. The Bertz CT molecular complexity index is 3870. The molecule has 0 fully saturated rings. The van der Waals surface area contributed by atoms with Gasteiger partial charge in [0.1, 0.15) is 0 Å². The van der Waals surface area contributed by atoms with E-state index in [1.807, 2.05) is 6.20 Å². The van der Waals surface area contributed by atoms with Gasteiger partial charge in [0.25, 0.3) is 0 Å². The van der Waals surface area contributed by atoms with Crippen molar-refractivity contribution >= 4 is 60.7 Å². The standard InChI is InChI=1S/C62H42N4/c1-62(2)53-24-10-15-29-59(53)64(39-17-4-3-5-18-39)60-38-51-43-33-31-41(66-57-27-13-8-21-46(57)47-22-9-14-28-58(47)66)36-50(43)49-35-40(65-55-25-11-6-19-44(55)45-20-7-12-26-56(45)65)30-32-42(49)48-23-16-34-63-61(48)52(51)37-54(60)62/h3-38H,1-2H3. The summed E-state index contributed by atoms with van der Waals surface area (Å²) in [6.07, 6.45) is 1.96. The van der Waals surface area contributed by atoms with Gasteiger partial charge in [0, 0.05) is 61.3 Å². The predicted molar refractivity (Wildman–Crippen MR) is 275 cm³/mol. The lowest BCUT2D eigenvalue weighted by molar-refractivity contribution is 0.632. The third kappa shape index (κ3) is 5.12. The number of benzene rings is 9. The summed E-state index contributed by atoms with van der Waals surface area (Å²) in [5.41, 5.74) is 21.8. The highest BCUT2D eigenvalue weighted by atomic mass is 15.2. The fourth-order valence-electron chi connectivity index (χ4n) is 11.5. The molecule has 0 bridgehead atoms. The van der Waals surface area contributed by atoms with Gasteiger partial charge in [-0.05, 0) is 124 Å². The predicted octanol–water partition coefficient (Wildman–Crippen LogP) is 16.4. The summed E-state index contributed by atoms with van der Waals surface area (Å²) in [5.74, 6) is 0. The largest absolute Gasteiger partial charge is 0.310 e. The Balaban J connectivity index is 1.11. The van der Waals surface area contributed by atoms with Crippen molar-refractivity contribution in [1.82, 2.24) is 14.1 Å². The molecule has 0 saturated heterocycles. The van der Waals surface area contributed by atoms with Crippen LogP contribution < -0.4 is 4.90 Å². The van der Waals surface area contributed by atoms with Crippen molar-refractivity contribution in [3.05, 3.63) is 230 Å². The second-order valence-electron chi connectivity index (χ2n) is 18.3. The highest BCUT2D eigenvalue weighted by molar-refractivity contribution is 6.12. The monoisotopic (exact) mass is 842 g/mol. The summed E-state index contributed by atoms with van der Waals surface area (Å²) >= 11 is 0. The smallest absolute Gasteiger partial charge is 0.0786 e. The normalized spacial score (nSPS) is 13.4. The first-order valence-electron chi connectivity index (χ1n) is 22.9. The molecule has 0 atom stereocenters. The first-order valence-corrected chi connectivity index (χ1v) is 22.9. The molecule has 4 heteroatoms. The Hall–Kier alpha value is -8.47. The second kappa shape index (κ2) is 13.8. The van der Waals surface area contributed by atoms with E-state index in [0.717, 1.165) is 50.6 Å². The first-order chi connectivity index (χ1) is 32.5. The summed E-state index contributed by atoms with van der Waals surface area (Å²) in [7, 11) is 0. The number of pyridine rings is 1. The van der Waals surface area contributed by atoms with Gasteiger partial charge in [0.2, 0.25) is 0 Å². The van der Waals surface area contributed by atoms with E-state index in [9.17, 15) is 0 Å². The molecule has 4 nitrogen and oxygen atoms in total. The van der Waals surface area contributed by atoms with Crippen LogP contribution in [-0.2, 0) is 5.41 Å². The van der Waals surface area contributed by atoms with Crippen molar-refractivity contribution in [3.63, 3.8) is 0 Å². The molecular weight excluding hydrogens is 801 g/mol.